The Morgan fingerprint density at radius 1 is 1.32 bits per heavy atom. The Balaban J connectivity index is 0.000000285. The van der Waals surface area contributed by atoms with Crippen molar-refractivity contribution in [2.75, 3.05) is 13.2 Å². The first-order valence-corrected chi connectivity index (χ1v) is 9.35. The van der Waals surface area contributed by atoms with Gasteiger partial charge in [-0.1, -0.05) is 45.4 Å². The number of nitrogens with zero attached hydrogens (tertiary/aromatic N) is 1. The van der Waals surface area contributed by atoms with E-state index in [9.17, 15) is 14.7 Å². The van der Waals surface area contributed by atoms with Crippen LogP contribution >= 0.6 is 0 Å². The summed E-state index contributed by atoms with van der Waals surface area (Å²) in [7, 11) is 0. The van der Waals surface area contributed by atoms with E-state index in [1.165, 1.54) is 0 Å². The van der Waals surface area contributed by atoms with Crippen LogP contribution in [-0.2, 0) is 14.3 Å². The molecular formula is C20H27N2NaO5. The standard InChI is InChI=1S/C11H18N2O3.C9H10O2.Na/c1-4-6-7(3)11(5-2)8(14)12-10(16)13-9(11)15;1-2-4-8(5-3-1)10-6-9-7-11-9;/h7H,4-6H2,1-3H3,(H2,12,13,14,15,16);1-5,9H,6-7H2;/q;;+1/p-1. The summed E-state index contributed by atoms with van der Waals surface area (Å²) in [5, 5.41) is 13.1. The molecule has 0 bridgehead atoms. The molecule has 2 amide bonds. The Labute approximate surface area is 188 Å². The van der Waals surface area contributed by atoms with E-state index in [0.717, 1.165) is 25.2 Å². The van der Waals surface area contributed by atoms with Crippen molar-refractivity contribution >= 4 is 17.8 Å². The molecule has 7 nitrogen and oxygen atoms in total. The van der Waals surface area contributed by atoms with Crippen LogP contribution in [0.1, 0.15) is 40.0 Å². The minimum Gasteiger partial charge on any atom is -0.846 e. The maximum Gasteiger partial charge on any atom is 1.00 e. The Morgan fingerprint density at radius 3 is 2.46 bits per heavy atom. The SMILES string of the molecule is CCCC(C)C1(CC)C(=O)N=C([O-])NC1=O.[Na+].c1ccc(OCC2CO2)cc1. The van der Waals surface area contributed by atoms with E-state index >= 15 is 0 Å². The molecular weight excluding hydrogens is 371 g/mol. The fourth-order valence-corrected chi connectivity index (χ4v) is 3.17. The Bertz CT molecular complexity index is 678. The summed E-state index contributed by atoms with van der Waals surface area (Å²) >= 11 is 0. The van der Waals surface area contributed by atoms with Crippen LogP contribution in [0.25, 0.3) is 0 Å². The normalized spacial score (nSPS) is 24.0. The fraction of sp³-hybridized carbons (Fsp3) is 0.550. The molecule has 1 N–H and O–H groups in total. The molecule has 2 heterocycles. The average molecular weight is 398 g/mol. The van der Waals surface area contributed by atoms with Crippen molar-refractivity contribution < 1.29 is 53.7 Å². The molecule has 1 aromatic rings. The molecule has 0 spiro atoms. The molecule has 2 aliphatic rings. The van der Waals surface area contributed by atoms with Gasteiger partial charge in [-0.3, -0.25) is 9.59 Å². The summed E-state index contributed by atoms with van der Waals surface area (Å²) in [6.45, 7) is 7.16. The molecule has 28 heavy (non-hydrogen) atoms. The minimum atomic E-state index is -1.15. The zero-order valence-electron chi connectivity index (χ0n) is 17.1. The molecule has 3 rings (SSSR count). The molecule has 3 atom stereocenters. The Kier molecular flexibility index (Phi) is 10.2. The third-order valence-electron chi connectivity index (χ3n) is 4.91. The number of amides is 2. The number of para-hydroxylation sites is 1. The molecule has 1 aromatic carbocycles. The summed E-state index contributed by atoms with van der Waals surface area (Å²) in [5.74, 6) is -0.277. The molecule has 0 saturated carbocycles. The number of nitrogens with one attached hydrogen (secondary N) is 1. The first kappa shape index (κ1) is 24.6. The first-order valence-electron chi connectivity index (χ1n) is 9.35. The van der Waals surface area contributed by atoms with Crippen LogP contribution in [0.3, 0.4) is 0 Å². The van der Waals surface area contributed by atoms with Gasteiger partial charge in [-0.2, -0.15) is 0 Å². The molecule has 1 saturated heterocycles. The second kappa shape index (κ2) is 11.6. The van der Waals surface area contributed by atoms with E-state index in [1.54, 1.807) is 6.92 Å². The van der Waals surface area contributed by atoms with Gasteiger partial charge in [-0.25, -0.2) is 4.99 Å². The summed E-state index contributed by atoms with van der Waals surface area (Å²) in [4.78, 5) is 27.1. The maximum absolute atomic E-state index is 11.9. The van der Waals surface area contributed by atoms with Crippen molar-refractivity contribution in [1.29, 1.82) is 0 Å². The van der Waals surface area contributed by atoms with E-state index in [4.69, 9.17) is 9.47 Å². The number of hydrogen-bond donors (Lipinski definition) is 1. The van der Waals surface area contributed by atoms with Gasteiger partial charge in [-0.15, -0.1) is 0 Å². The van der Waals surface area contributed by atoms with Gasteiger partial charge in [0, 0.05) is 0 Å². The van der Waals surface area contributed by atoms with Crippen LogP contribution in [0, 0.1) is 11.3 Å². The van der Waals surface area contributed by atoms with Crippen molar-refractivity contribution in [3.8, 4) is 5.75 Å². The summed E-state index contributed by atoms with van der Waals surface area (Å²) < 4.78 is 10.4. The van der Waals surface area contributed by atoms with Gasteiger partial charge >= 0.3 is 29.6 Å². The van der Waals surface area contributed by atoms with Gasteiger partial charge in [0.15, 0.2) is 0 Å². The molecule has 0 aromatic heterocycles. The molecule has 148 valence electrons. The van der Waals surface area contributed by atoms with Crippen molar-refractivity contribution in [1.82, 2.24) is 5.32 Å². The Morgan fingerprint density at radius 2 is 1.96 bits per heavy atom. The summed E-state index contributed by atoms with van der Waals surface area (Å²) in [5.41, 5.74) is -1.15. The topological polar surface area (TPSA) is 103 Å². The second-order valence-electron chi connectivity index (χ2n) is 6.77. The van der Waals surface area contributed by atoms with Crippen LogP contribution in [-0.4, -0.2) is 37.2 Å². The van der Waals surface area contributed by atoms with Crippen molar-refractivity contribution in [2.45, 2.75) is 46.1 Å². The first-order chi connectivity index (χ1) is 12.9. The van der Waals surface area contributed by atoms with Gasteiger partial charge in [0.25, 0.3) is 5.91 Å². The summed E-state index contributed by atoms with van der Waals surface area (Å²) in [6.07, 6.45) is 2.36. The van der Waals surface area contributed by atoms with Crippen LogP contribution in [0.2, 0.25) is 0 Å². The van der Waals surface area contributed by atoms with Crippen molar-refractivity contribution in [3.63, 3.8) is 0 Å². The van der Waals surface area contributed by atoms with Gasteiger partial charge in [0.2, 0.25) is 5.91 Å². The number of benzene rings is 1. The van der Waals surface area contributed by atoms with Gasteiger partial charge in [0.1, 0.15) is 23.9 Å². The molecule has 3 unspecified atom stereocenters. The Hall–Kier alpha value is -1.41. The maximum atomic E-state index is 11.9. The van der Waals surface area contributed by atoms with Gasteiger partial charge in [-0.05, 0) is 30.9 Å². The van der Waals surface area contributed by atoms with Crippen LogP contribution < -0.4 is 44.7 Å². The minimum absolute atomic E-state index is 0. The van der Waals surface area contributed by atoms with E-state index in [2.05, 4.69) is 10.3 Å². The number of carbonyl (C=O) groups excluding carboxylic acids is 2. The second-order valence-corrected chi connectivity index (χ2v) is 6.77. The largest absolute Gasteiger partial charge is 1.00 e. The number of ether oxygens (including phenoxy) is 2. The van der Waals surface area contributed by atoms with Crippen LogP contribution in [0.15, 0.2) is 35.3 Å². The number of hydrogen-bond acceptors (Lipinski definition) is 5. The van der Waals surface area contributed by atoms with Crippen molar-refractivity contribution in [3.05, 3.63) is 30.3 Å². The van der Waals surface area contributed by atoms with E-state index in [-0.39, 0.29) is 35.5 Å². The predicted octanol–water partition coefficient (Wildman–Crippen LogP) is -1.34. The van der Waals surface area contributed by atoms with Crippen molar-refractivity contribution in [2.24, 2.45) is 16.3 Å². The van der Waals surface area contributed by atoms with E-state index in [0.29, 0.717) is 19.1 Å². The predicted molar refractivity (Wildman–Crippen MR) is 99.1 cm³/mol. The number of epoxide rings is 1. The number of carbonyl (C=O) groups is 2. The third kappa shape index (κ3) is 6.30. The molecule has 0 aliphatic carbocycles. The van der Waals surface area contributed by atoms with Gasteiger partial charge in [0.05, 0.1) is 12.6 Å². The monoisotopic (exact) mass is 398 g/mol. The number of aliphatic imine (C=N–C) groups is 1. The zero-order chi connectivity index (χ0) is 19.9. The zero-order valence-corrected chi connectivity index (χ0v) is 19.1. The number of amidine groups is 1. The van der Waals surface area contributed by atoms with Crippen LogP contribution in [0.5, 0.6) is 5.75 Å². The quantitative estimate of drug-likeness (QED) is 0.348. The van der Waals surface area contributed by atoms with Gasteiger partial charge < -0.3 is 19.9 Å². The number of rotatable bonds is 7. The molecule has 0 radical (unpaired) electrons. The fourth-order valence-electron chi connectivity index (χ4n) is 3.17. The average Bonchev–Trinajstić information content (AvgIpc) is 3.46. The molecule has 8 heteroatoms. The molecule has 2 aliphatic heterocycles. The van der Waals surface area contributed by atoms with Crippen LogP contribution in [0.4, 0.5) is 0 Å². The third-order valence-corrected chi connectivity index (χ3v) is 4.91. The summed E-state index contributed by atoms with van der Waals surface area (Å²) in [6, 6.07) is 8.94. The van der Waals surface area contributed by atoms with E-state index in [1.807, 2.05) is 44.2 Å². The molecule has 1 fully saturated rings. The smallest absolute Gasteiger partial charge is 0.846 e. The van der Waals surface area contributed by atoms with E-state index < -0.39 is 23.3 Å².